The van der Waals surface area contributed by atoms with Gasteiger partial charge in [0, 0.05) is 0 Å². The summed E-state index contributed by atoms with van der Waals surface area (Å²) < 4.78 is 0. The molecule has 0 aromatic carbocycles. The fourth-order valence-electron chi connectivity index (χ4n) is 12.5. The van der Waals surface area contributed by atoms with Gasteiger partial charge in [-0.05, 0) is 120 Å². The minimum absolute atomic E-state index is 0.595. The Bertz CT molecular complexity index is 662. The Morgan fingerprint density at radius 3 is 1.42 bits per heavy atom. The molecule has 8 bridgehead atoms. The molecule has 0 nitrogen and oxygen atoms in total. The van der Waals surface area contributed by atoms with E-state index in [0.29, 0.717) is 21.7 Å². The van der Waals surface area contributed by atoms with Crippen LogP contribution < -0.4 is 0 Å². The highest BCUT2D eigenvalue weighted by molar-refractivity contribution is 6.35. The molecule has 31 heavy (non-hydrogen) atoms. The average molecular weight is 422 g/mol. The van der Waals surface area contributed by atoms with Gasteiger partial charge in [0.15, 0.2) is 0 Å². The van der Waals surface area contributed by atoms with Gasteiger partial charge in [-0.15, -0.1) is 0 Å². The third-order valence-electron chi connectivity index (χ3n) is 13.6. The minimum atomic E-state index is 0.595. The largest absolute Gasteiger partial charge is 0.110 e. The maximum absolute atomic E-state index is 2.88. The third kappa shape index (κ3) is 2.79. The van der Waals surface area contributed by atoms with Crippen molar-refractivity contribution in [1.82, 2.24) is 0 Å². The molecule has 0 aromatic heterocycles. The molecule has 6 rings (SSSR count). The molecule has 0 aliphatic heterocycles. The first-order valence-electron chi connectivity index (χ1n) is 14.4. The molecule has 0 heterocycles. The molecule has 0 spiro atoms. The molecular formula is C30H50B. The van der Waals surface area contributed by atoms with Crippen molar-refractivity contribution in [1.29, 1.82) is 0 Å². The van der Waals surface area contributed by atoms with Crippen LogP contribution in [0.3, 0.4) is 0 Å². The Morgan fingerprint density at radius 1 is 0.581 bits per heavy atom. The summed E-state index contributed by atoms with van der Waals surface area (Å²) in [6.07, 6.45) is 18.1. The summed E-state index contributed by atoms with van der Waals surface area (Å²) in [6.45, 7) is 16.0. The van der Waals surface area contributed by atoms with Crippen molar-refractivity contribution in [3.8, 4) is 0 Å². The molecule has 10 atom stereocenters. The zero-order valence-electron chi connectivity index (χ0n) is 21.7. The number of rotatable bonds is 4. The van der Waals surface area contributed by atoms with E-state index in [4.69, 9.17) is 0 Å². The van der Waals surface area contributed by atoms with E-state index in [1.807, 2.05) is 0 Å². The van der Waals surface area contributed by atoms with Crippen LogP contribution in [0.4, 0.5) is 0 Å². The highest BCUT2D eigenvalue weighted by Crippen LogP contribution is 2.73. The average Bonchev–Trinajstić information content (AvgIpc) is 3.37. The third-order valence-corrected chi connectivity index (χ3v) is 13.6. The van der Waals surface area contributed by atoms with E-state index >= 15 is 0 Å². The maximum Gasteiger partial charge on any atom is 0.110 e. The Labute approximate surface area is 194 Å². The molecule has 0 unspecified atom stereocenters. The minimum Gasteiger partial charge on any atom is -0.0767 e. The van der Waals surface area contributed by atoms with E-state index in [1.165, 1.54) is 51.2 Å². The van der Waals surface area contributed by atoms with Crippen LogP contribution in [0.5, 0.6) is 0 Å². The summed E-state index contributed by atoms with van der Waals surface area (Å²) in [5, 5.41) is 0. The summed E-state index contributed by atoms with van der Waals surface area (Å²) in [5.74, 6) is 8.22. The topological polar surface area (TPSA) is 0 Å². The van der Waals surface area contributed by atoms with Crippen LogP contribution in [0.15, 0.2) is 0 Å². The summed E-state index contributed by atoms with van der Waals surface area (Å²) in [4.78, 5) is 0. The van der Waals surface area contributed by atoms with E-state index in [-0.39, 0.29) is 0 Å². The summed E-state index contributed by atoms with van der Waals surface area (Å²) in [7, 11) is 2.88. The van der Waals surface area contributed by atoms with Gasteiger partial charge in [0.05, 0.1) is 0 Å². The van der Waals surface area contributed by atoms with E-state index in [0.717, 1.165) is 47.3 Å². The number of hydrogen-bond acceptors (Lipinski definition) is 0. The summed E-state index contributed by atoms with van der Waals surface area (Å²) >= 11 is 0. The van der Waals surface area contributed by atoms with Gasteiger partial charge < -0.3 is 0 Å². The van der Waals surface area contributed by atoms with Crippen LogP contribution in [0, 0.1) is 69.0 Å². The quantitative estimate of drug-likeness (QED) is 0.399. The Morgan fingerprint density at radius 2 is 1.00 bits per heavy atom. The Kier molecular flexibility index (Phi) is 4.74. The van der Waals surface area contributed by atoms with Gasteiger partial charge in [-0.2, -0.15) is 0 Å². The van der Waals surface area contributed by atoms with Gasteiger partial charge in [-0.1, -0.05) is 67.0 Å². The Balaban J connectivity index is 1.18. The van der Waals surface area contributed by atoms with Crippen molar-refractivity contribution >= 4 is 7.28 Å². The maximum atomic E-state index is 2.88. The normalized spacial score (nSPS) is 55.8. The van der Waals surface area contributed by atoms with Crippen molar-refractivity contribution in [3.05, 3.63) is 0 Å². The van der Waals surface area contributed by atoms with Crippen LogP contribution in [0.1, 0.15) is 106 Å². The molecule has 173 valence electrons. The van der Waals surface area contributed by atoms with E-state index in [2.05, 4.69) is 48.8 Å². The van der Waals surface area contributed by atoms with Gasteiger partial charge in [0.1, 0.15) is 7.28 Å². The molecule has 0 saturated heterocycles. The highest BCUT2D eigenvalue weighted by Gasteiger charge is 2.66. The molecule has 0 amide bonds. The fourth-order valence-corrected chi connectivity index (χ4v) is 12.5. The van der Waals surface area contributed by atoms with Crippen molar-refractivity contribution in [2.24, 2.45) is 69.0 Å². The summed E-state index contributed by atoms with van der Waals surface area (Å²) in [5.41, 5.74) is 2.51. The van der Waals surface area contributed by atoms with Crippen molar-refractivity contribution in [2.75, 3.05) is 0 Å². The molecule has 6 saturated carbocycles. The fraction of sp³-hybridized carbons (Fsp3) is 1.00. The smallest absolute Gasteiger partial charge is 0.0767 e. The second-order valence-electron chi connectivity index (χ2n) is 15.4. The first-order chi connectivity index (χ1) is 14.6. The zero-order chi connectivity index (χ0) is 21.8. The van der Waals surface area contributed by atoms with E-state index in [9.17, 15) is 0 Å². The molecule has 6 fully saturated rings. The van der Waals surface area contributed by atoms with Gasteiger partial charge in [-0.3, -0.25) is 0 Å². The molecule has 0 N–H and O–H groups in total. The van der Waals surface area contributed by atoms with Crippen LogP contribution >= 0.6 is 0 Å². The summed E-state index contributed by atoms with van der Waals surface area (Å²) in [6, 6.07) is 0. The lowest BCUT2D eigenvalue weighted by Crippen LogP contribution is -2.36. The van der Waals surface area contributed by atoms with Crippen molar-refractivity contribution < 1.29 is 0 Å². The molecule has 1 radical (unpaired) electrons. The zero-order valence-corrected chi connectivity index (χ0v) is 21.7. The molecule has 0 aromatic rings. The molecular weight excluding hydrogens is 371 g/mol. The van der Waals surface area contributed by atoms with Gasteiger partial charge in [0.2, 0.25) is 0 Å². The van der Waals surface area contributed by atoms with Crippen LogP contribution in [0.25, 0.3) is 0 Å². The van der Waals surface area contributed by atoms with E-state index in [1.54, 1.807) is 25.7 Å². The van der Waals surface area contributed by atoms with Gasteiger partial charge >= 0.3 is 0 Å². The van der Waals surface area contributed by atoms with Crippen LogP contribution in [-0.2, 0) is 0 Å². The monoisotopic (exact) mass is 421 g/mol. The second-order valence-corrected chi connectivity index (χ2v) is 15.4. The first kappa shape index (κ1) is 21.6. The van der Waals surface area contributed by atoms with Crippen molar-refractivity contribution in [2.45, 2.75) is 118 Å². The Hall–Kier alpha value is 0.0649. The van der Waals surface area contributed by atoms with Crippen LogP contribution in [-0.4, -0.2) is 7.28 Å². The molecule has 6 aliphatic rings. The lowest BCUT2D eigenvalue weighted by atomic mass is 9.50. The molecule has 1 heteroatoms. The predicted octanol–water partition coefficient (Wildman–Crippen LogP) is 8.50. The lowest BCUT2D eigenvalue weighted by molar-refractivity contribution is 0.0939. The second kappa shape index (κ2) is 6.81. The van der Waals surface area contributed by atoms with E-state index < -0.39 is 0 Å². The van der Waals surface area contributed by atoms with Gasteiger partial charge in [0.25, 0.3) is 0 Å². The SMILES string of the molecule is CC1(C)CCC[C@@]2(C)[C@@H](C[B]C[C@H]3[C@H]4CC[C@H]5[C@H]4C(C)(C)CCC[C@@]35C)[C@H]3CC[C@H]2[C@H]31. The van der Waals surface area contributed by atoms with Crippen LogP contribution in [0.2, 0.25) is 12.6 Å². The van der Waals surface area contributed by atoms with Crippen molar-refractivity contribution in [3.63, 3.8) is 0 Å². The standard InChI is InChI=1S/C30H50B/c1-27(2)13-7-15-29(5)21-11-9-19(25(21)27)23(29)17-31-18-24-20-10-12-22-26(20)28(3,4)14-8-16-30(22,24)6/h19-26H,7-18H2,1-6H3/t19-,20-,21+,22+,23+,24+,25+,26+,29-,30-/m1/s1. The first-order valence-corrected chi connectivity index (χ1v) is 14.4. The predicted molar refractivity (Wildman–Crippen MR) is 133 cm³/mol. The lowest BCUT2D eigenvalue weighted by Gasteiger charge is -2.44. The molecule has 6 aliphatic carbocycles. The number of hydrogen-bond donors (Lipinski definition) is 0. The highest BCUT2D eigenvalue weighted by atomic mass is 14.7. The van der Waals surface area contributed by atoms with Gasteiger partial charge in [-0.25, -0.2) is 0 Å².